The largest absolute Gasteiger partial charge is 0.365 e. The normalized spacial score (nSPS) is 34.0. The Hall–Kier alpha value is -0.560. The van der Waals surface area contributed by atoms with Crippen LogP contribution in [0.15, 0.2) is 25.3 Å². The molecule has 1 rings (SSSR count). The van der Waals surface area contributed by atoms with Crippen molar-refractivity contribution in [2.75, 3.05) is 0 Å². The number of epoxide rings is 1. The molecular formula is C7H10O. The molecule has 1 saturated heterocycles. The molecule has 1 aliphatic rings. The van der Waals surface area contributed by atoms with Gasteiger partial charge in [-0.3, -0.25) is 0 Å². The zero-order valence-corrected chi connectivity index (χ0v) is 4.84. The van der Waals surface area contributed by atoms with Crippen LogP contribution in [0.2, 0.25) is 0 Å². The van der Waals surface area contributed by atoms with E-state index in [-0.39, 0.29) is 0 Å². The van der Waals surface area contributed by atoms with E-state index >= 15 is 0 Å². The predicted molar refractivity (Wildman–Crippen MR) is 33.7 cm³/mol. The summed E-state index contributed by atoms with van der Waals surface area (Å²) in [5.74, 6) is 0. The van der Waals surface area contributed by atoms with Gasteiger partial charge in [0.1, 0.15) is 6.10 Å². The van der Waals surface area contributed by atoms with E-state index in [1.54, 1.807) is 0 Å². The fourth-order valence-corrected chi connectivity index (χ4v) is 0.718. The van der Waals surface area contributed by atoms with E-state index in [9.17, 15) is 0 Å². The summed E-state index contributed by atoms with van der Waals surface area (Å²) in [5, 5.41) is 0. The molecule has 0 aromatic heterocycles. The second kappa shape index (κ2) is 2.14. The third kappa shape index (κ3) is 0.984. The van der Waals surface area contributed by atoms with E-state index in [4.69, 9.17) is 4.74 Å². The lowest BCUT2D eigenvalue weighted by atomic mass is 10.2. The van der Waals surface area contributed by atoms with E-state index in [1.165, 1.54) is 0 Å². The van der Waals surface area contributed by atoms with Gasteiger partial charge in [0.05, 0.1) is 6.10 Å². The average Bonchev–Trinajstić information content (AvgIpc) is 2.48. The Morgan fingerprint density at radius 3 is 2.62 bits per heavy atom. The lowest BCUT2D eigenvalue weighted by Gasteiger charge is -1.77. The first-order chi connectivity index (χ1) is 3.88. The molecule has 0 unspecified atom stereocenters. The molecule has 0 aromatic rings. The number of rotatable bonds is 3. The Balaban J connectivity index is 2.16. The Morgan fingerprint density at radius 1 is 1.50 bits per heavy atom. The van der Waals surface area contributed by atoms with Crippen molar-refractivity contribution < 1.29 is 4.74 Å². The lowest BCUT2D eigenvalue weighted by molar-refractivity contribution is 0.390. The van der Waals surface area contributed by atoms with Gasteiger partial charge < -0.3 is 4.74 Å². The van der Waals surface area contributed by atoms with E-state index in [2.05, 4.69) is 13.2 Å². The first-order valence-electron chi connectivity index (χ1n) is 2.77. The van der Waals surface area contributed by atoms with Crippen molar-refractivity contribution in [1.82, 2.24) is 0 Å². The molecule has 0 radical (unpaired) electrons. The molecule has 0 amide bonds. The average molecular weight is 110 g/mol. The Morgan fingerprint density at radius 2 is 2.25 bits per heavy atom. The third-order valence-electron chi connectivity index (χ3n) is 1.25. The summed E-state index contributed by atoms with van der Waals surface area (Å²) in [6.45, 7) is 7.19. The van der Waals surface area contributed by atoms with Gasteiger partial charge in [0.15, 0.2) is 0 Å². The SMILES string of the molecule is C=CC[C@@H]1O[C@H]1C=C. The first-order valence-corrected chi connectivity index (χ1v) is 2.77. The van der Waals surface area contributed by atoms with E-state index in [1.807, 2.05) is 12.2 Å². The number of hydrogen-bond acceptors (Lipinski definition) is 1. The van der Waals surface area contributed by atoms with Crippen molar-refractivity contribution in [1.29, 1.82) is 0 Å². The highest BCUT2D eigenvalue weighted by atomic mass is 16.6. The molecule has 2 atom stereocenters. The molecule has 0 aliphatic carbocycles. The number of hydrogen-bond donors (Lipinski definition) is 0. The molecule has 1 heterocycles. The van der Waals surface area contributed by atoms with Crippen LogP contribution in [0.4, 0.5) is 0 Å². The Labute approximate surface area is 49.7 Å². The highest BCUT2D eigenvalue weighted by Crippen LogP contribution is 2.25. The molecule has 1 heteroatoms. The molecule has 8 heavy (non-hydrogen) atoms. The second-order valence-corrected chi connectivity index (χ2v) is 1.90. The minimum absolute atomic E-state index is 0.313. The second-order valence-electron chi connectivity index (χ2n) is 1.90. The van der Waals surface area contributed by atoms with Gasteiger partial charge in [0, 0.05) is 0 Å². The molecule has 0 N–H and O–H groups in total. The van der Waals surface area contributed by atoms with Crippen LogP contribution in [0.1, 0.15) is 6.42 Å². The third-order valence-corrected chi connectivity index (χ3v) is 1.25. The maximum atomic E-state index is 5.12. The lowest BCUT2D eigenvalue weighted by Crippen LogP contribution is -1.85. The maximum Gasteiger partial charge on any atom is 0.102 e. The van der Waals surface area contributed by atoms with E-state index in [0.717, 1.165) is 6.42 Å². The molecular weight excluding hydrogens is 100 g/mol. The molecule has 0 spiro atoms. The summed E-state index contributed by atoms with van der Waals surface area (Å²) < 4.78 is 5.12. The molecule has 1 aliphatic heterocycles. The first kappa shape index (κ1) is 5.57. The summed E-state index contributed by atoms with van der Waals surface area (Å²) in [6.07, 6.45) is 5.36. The van der Waals surface area contributed by atoms with Gasteiger partial charge in [0.25, 0.3) is 0 Å². The summed E-state index contributed by atoms with van der Waals surface area (Å²) in [5.41, 5.74) is 0. The highest BCUT2D eigenvalue weighted by Gasteiger charge is 2.33. The van der Waals surface area contributed by atoms with E-state index in [0.29, 0.717) is 12.2 Å². The molecule has 0 bridgehead atoms. The highest BCUT2D eigenvalue weighted by molar-refractivity contribution is 5.00. The van der Waals surface area contributed by atoms with Crippen LogP contribution in [0.25, 0.3) is 0 Å². The van der Waals surface area contributed by atoms with Crippen LogP contribution in [0, 0.1) is 0 Å². The fraction of sp³-hybridized carbons (Fsp3) is 0.429. The van der Waals surface area contributed by atoms with Crippen molar-refractivity contribution in [3.8, 4) is 0 Å². The van der Waals surface area contributed by atoms with Gasteiger partial charge in [-0.05, 0) is 6.42 Å². The Kier molecular flexibility index (Phi) is 1.49. The zero-order valence-electron chi connectivity index (χ0n) is 4.84. The van der Waals surface area contributed by atoms with E-state index < -0.39 is 0 Å². The van der Waals surface area contributed by atoms with Gasteiger partial charge in [0.2, 0.25) is 0 Å². The summed E-state index contributed by atoms with van der Waals surface area (Å²) in [7, 11) is 0. The Bertz CT molecular complexity index is 107. The van der Waals surface area contributed by atoms with Gasteiger partial charge in [-0.25, -0.2) is 0 Å². The molecule has 1 nitrogen and oxygen atoms in total. The number of ether oxygens (including phenoxy) is 1. The standard InChI is InChI=1S/C7H10O/c1-3-5-7-6(4-2)8-7/h3-4,6-7H,1-2,5H2/t6-,7-/m0/s1. The van der Waals surface area contributed by atoms with Crippen molar-refractivity contribution in [3.05, 3.63) is 25.3 Å². The van der Waals surface area contributed by atoms with Gasteiger partial charge >= 0.3 is 0 Å². The quantitative estimate of drug-likeness (QED) is 0.396. The van der Waals surface area contributed by atoms with Crippen LogP contribution >= 0.6 is 0 Å². The molecule has 44 valence electrons. The predicted octanol–water partition coefficient (Wildman–Crippen LogP) is 1.52. The van der Waals surface area contributed by atoms with Gasteiger partial charge in [-0.15, -0.1) is 13.2 Å². The zero-order chi connectivity index (χ0) is 5.98. The van der Waals surface area contributed by atoms with Crippen LogP contribution in [-0.2, 0) is 4.74 Å². The van der Waals surface area contributed by atoms with Crippen LogP contribution < -0.4 is 0 Å². The van der Waals surface area contributed by atoms with Crippen molar-refractivity contribution in [3.63, 3.8) is 0 Å². The topological polar surface area (TPSA) is 12.5 Å². The fourth-order valence-electron chi connectivity index (χ4n) is 0.718. The van der Waals surface area contributed by atoms with Gasteiger partial charge in [-0.2, -0.15) is 0 Å². The van der Waals surface area contributed by atoms with Crippen LogP contribution in [-0.4, -0.2) is 12.2 Å². The molecule has 1 fully saturated rings. The molecule has 0 saturated carbocycles. The summed E-state index contributed by atoms with van der Waals surface area (Å²) in [4.78, 5) is 0. The maximum absolute atomic E-state index is 5.12. The van der Waals surface area contributed by atoms with Gasteiger partial charge in [-0.1, -0.05) is 12.2 Å². The van der Waals surface area contributed by atoms with Crippen molar-refractivity contribution in [2.24, 2.45) is 0 Å². The van der Waals surface area contributed by atoms with Crippen molar-refractivity contribution >= 4 is 0 Å². The van der Waals surface area contributed by atoms with Crippen LogP contribution in [0.5, 0.6) is 0 Å². The monoisotopic (exact) mass is 110 g/mol. The minimum Gasteiger partial charge on any atom is -0.365 e. The van der Waals surface area contributed by atoms with Crippen LogP contribution in [0.3, 0.4) is 0 Å². The smallest absolute Gasteiger partial charge is 0.102 e. The summed E-state index contributed by atoms with van der Waals surface area (Å²) in [6, 6.07) is 0. The molecule has 0 aromatic carbocycles. The minimum atomic E-state index is 0.313. The van der Waals surface area contributed by atoms with Crippen molar-refractivity contribution in [2.45, 2.75) is 18.6 Å². The summed E-state index contributed by atoms with van der Waals surface area (Å²) >= 11 is 0.